The lowest BCUT2D eigenvalue weighted by Crippen LogP contribution is -2.00. The van der Waals surface area contributed by atoms with E-state index in [1.807, 2.05) is 24.3 Å². The second kappa shape index (κ2) is 3.05. The van der Waals surface area contributed by atoms with Crippen LogP contribution in [0.4, 0.5) is 0 Å². The first-order chi connectivity index (χ1) is 6.25. The number of hydrogen-bond donors (Lipinski definition) is 1. The van der Waals surface area contributed by atoms with Crippen molar-refractivity contribution in [2.75, 3.05) is 0 Å². The van der Waals surface area contributed by atoms with Gasteiger partial charge in [-0.1, -0.05) is 30.4 Å². The van der Waals surface area contributed by atoms with E-state index < -0.39 is 5.97 Å². The van der Waals surface area contributed by atoms with Gasteiger partial charge in [0.05, 0.1) is 6.42 Å². The van der Waals surface area contributed by atoms with Gasteiger partial charge in [-0.25, -0.2) is 0 Å². The van der Waals surface area contributed by atoms with Crippen LogP contribution in [0.1, 0.15) is 16.7 Å². The molecule has 2 nitrogen and oxygen atoms in total. The SMILES string of the molecule is O=C(O)Cc1ccc2c(c1)C=CC2. The smallest absolute Gasteiger partial charge is 0.307 e. The molecule has 0 spiro atoms. The summed E-state index contributed by atoms with van der Waals surface area (Å²) in [5.74, 6) is -0.776. The van der Waals surface area contributed by atoms with Crippen molar-refractivity contribution >= 4 is 12.0 Å². The van der Waals surface area contributed by atoms with E-state index in [1.54, 1.807) is 0 Å². The van der Waals surface area contributed by atoms with E-state index in [4.69, 9.17) is 5.11 Å². The van der Waals surface area contributed by atoms with Gasteiger partial charge >= 0.3 is 5.97 Å². The third-order valence-electron chi connectivity index (χ3n) is 2.20. The molecule has 0 fully saturated rings. The van der Waals surface area contributed by atoms with E-state index in [0.717, 1.165) is 12.0 Å². The second-order valence-corrected chi connectivity index (χ2v) is 3.21. The Morgan fingerprint density at radius 3 is 3.08 bits per heavy atom. The van der Waals surface area contributed by atoms with Crippen LogP contribution in [-0.4, -0.2) is 11.1 Å². The molecule has 0 atom stereocenters. The van der Waals surface area contributed by atoms with Crippen molar-refractivity contribution < 1.29 is 9.90 Å². The first kappa shape index (κ1) is 8.05. The molecule has 0 aromatic heterocycles. The van der Waals surface area contributed by atoms with Gasteiger partial charge < -0.3 is 5.11 Å². The van der Waals surface area contributed by atoms with Crippen molar-refractivity contribution in [3.8, 4) is 0 Å². The Morgan fingerprint density at radius 1 is 1.46 bits per heavy atom. The Balaban J connectivity index is 2.30. The summed E-state index contributed by atoms with van der Waals surface area (Å²) in [5, 5.41) is 8.60. The molecule has 1 N–H and O–H groups in total. The van der Waals surface area contributed by atoms with E-state index in [2.05, 4.69) is 6.08 Å². The maximum absolute atomic E-state index is 10.5. The zero-order valence-electron chi connectivity index (χ0n) is 7.16. The maximum Gasteiger partial charge on any atom is 0.307 e. The number of carbonyl (C=O) groups is 1. The van der Waals surface area contributed by atoms with Crippen LogP contribution in [-0.2, 0) is 17.6 Å². The number of allylic oxidation sites excluding steroid dienone is 1. The molecule has 0 radical (unpaired) electrons. The predicted octanol–water partition coefficient (Wildman–Crippen LogP) is 1.88. The van der Waals surface area contributed by atoms with E-state index in [9.17, 15) is 4.79 Å². The summed E-state index contributed by atoms with van der Waals surface area (Å²) < 4.78 is 0. The first-order valence-corrected chi connectivity index (χ1v) is 4.26. The number of carboxylic acid groups (broad SMARTS) is 1. The van der Waals surface area contributed by atoms with Crippen LogP contribution in [0.5, 0.6) is 0 Å². The molecule has 66 valence electrons. The molecule has 13 heavy (non-hydrogen) atoms. The second-order valence-electron chi connectivity index (χ2n) is 3.21. The number of carboxylic acids is 1. The van der Waals surface area contributed by atoms with Crippen LogP contribution in [0.25, 0.3) is 6.08 Å². The number of benzene rings is 1. The average Bonchev–Trinajstić information content (AvgIpc) is 2.49. The van der Waals surface area contributed by atoms with E-state index in [1.165, 1.54) is 11.1 Å². The quantitative estimate of drug-likeness (QED) is 0.743. The van der Waals surface area contributed by atoms with E-state index in [0.29, 0.717) is 0 Å². The minimum Gasteiger partial charge on any atom is -0.481 e. The Kier molecular flexibility index (Phi) is 1.89. The van der Waals surface area contributed by atoms with Crippen molar-refractivity contribution in [2.45, 2.75) is 12.8 Å². The van der Waals surface area contributed by atoms with Crippen LogP contribution >= 0.6 is 0 Å². The molecule has 0 saturated carbocycles. The van der Waals surface area contributed by atoms with Gasteiger partial charge in [0.25, 0.3) is 0 Å². The fraction of sp³-hybridized carbons (Fsp3) is 0.182. The fourth-order valence-electron chi connectivity index (χ4n) is 1.58. The fourth-order valence-corrected chi connectivity index (χ4v) is 1.58. The summed E-state index contributed by atoms with van der Waals surface area (Å²) in [6, 6.07) is 5.85. The molecule has 0 unspecified atom stereocenters. The highest BCUT2D eigenvalue weighted by Crippen LogP contribution is 2.20. The molecule has 0 bridgehead atoms. The molecule has 0 aliphatic heterocycles. The van der Waals surface area contributed by atoms with Crippen LogP contribution in [0.3, 0.4) is 0 Å². The van der Waals surface area contributed by atoms with Gasteiger partial charge in [-0.3, -0.25) is 4.79 Å². The molecule has 1 aromatic rings. The third kappa shape index (κ3) is 1.61. The largest absolute Gasteiger partial charge is 0.481 e. The normalized spacial score (nSPS) is 12.9. The maximum atomic E-state index is 10.5. The monoisotopic (exact) mass is 174 g/mol. The van der Waals surface area contributed by atoms with Gasteiger partial charge in [-0.2, -0.15) is 0 Å². The van der Waals surface area contributed by atoms with E-state index in [-0.39, 0.29) is 6.42 Å². The summed E-state index contributed by atoms with van der Waals surface area (Å²) in [7, 11) is 0. The molecule has 0 saturated heterocycles. The zero-order chi connectivity index (χ0) is 9.26. The number of hydrogen-bond acceptors (Lipinski definition) is 1. The van der Waals surface area contributed by atoms with Crippen molar-refractivity contribution in [1.82, 2.24) is 0 Å². The van der Waals surface area contributed by atoms with Crippen LogP contribution in [0.2, 0.25) is 0 Å². The molecule has 1 aliphatic carbocycles. The number of rotatable bonds is 2. The Bertz CT molecular complexity index is 378. The highest BCUT2D eigenvalue weighted by Gasteiger charge is 2.06. The topological polar surface area (TPSA) is 37.3 Å². The Morgan fingerprint density at radius 2 is 2.31 bits per heavy atom. The van der Waals surface area contributed by atoms with E-state index >= 15 is 0 Å². The molecule has 2 heteroatoms. The Hall–Kier alpha value is -1.57. The van der Waals surface area contributed by atoms with Crippen LogP contribution in [0, 0.1) is 0 Å². The summed E-state index contributed by atoms with van der Waals surface area (Å²) >= 11 is 0. The minimum absolute atomic E-state index is 0.112. The van der Waals surface area contributed by atoms with Gasteiger partial charge in [0, 0.05) is 0 Å². The molecule has 1 aliphatic rings. The van der Waals surface area contributed by atoms with Crippen molar-refractivity contribution in [3.05, 3.63) is 41.0 Å². The lowest BCUT2D eigenvalue weighted by molar-refractivity contribution is -0.136. The first-order valence-electron chi connectivity index (χ1n) is 4.26. The van der Waals surface area contributed by atoms with Gasteiger partial charge in [-0.05, 0) is 23.1 Å². The lowest BCUT2D eigenvalue weighted by Gasteiger charge is -2.01. The zero-order valence-corrected chi connectivity index (χ0v) is 7.16. The summed E-state index contributed by atoms with van der Waals surface area (Å²) in [5.41, 5.74) is 3.32. The lowest BCUT2D eigenvalue weighted by atomic mass is 10.0. The Labute approximate surface area is 76.5 Å². The molecular formula is C11H10O2. The number of aliphatic carboxylic acids is 1. The van der Waals surface area contributed by atoms with Gasteiger partial charge in [0.1, 0.15) is 0 Å². The highest BCUT2D eigenvalue weighted by molar-refractivity contribution is 5.71. The predicted molar refractivity (Wildman–Crippen MR) is 50.5 cm³/mol. The molecule has 2 rings (SSSR count). The highest BCUT2D eigenvalue weighted by atomic mass is 16.4. The third-order valence-corrected chi connectivity index (χ3v) is 2.20. The average molecular weight is 174 g/mol. The van der Waals surface area contributed by atoms with Gasteiger partial charge in [0.2, 0.25) is 0 Å². The summed E-state index contributed by atoms with van der Waals surface area (Å²) in [6.45, 7) is 0. The molecule has 0 amide bonds. The van der Waals surface area contributed by atoms with Crippen LogP contribution in [0.15, 0.2) is 24.3 Å². The molecule has 1 aromatic carbocycles. The van der Waals surface area contributed by atoms with Gasteiger partial charge in [0.15, 0.2) is 0 Å². The van der Waals surface area contributed by atoms with Crippen LogP contribution < -0.4 is 0 Å². The van der Waals surface area contributed by atoms with Crippen molar-refractivity contribution in [2.24, 2.45) is 0 Å². The minimum atomic E-state index is -0.776. The van der Waals surface area contributed by atoms with Crippen molar-refractivity contribution in [1.29, 1.82) is 0 Å². The van der Waals surface area contributed by atoms with Gasteiger partial charge in [-0.15, -0.1) is 0 Å². The number of fused-ring (bicyclic) bond motifs is 1. The summed E-state index contributed by atoms with van der Waals surface area (Å²) in [6.07, 6.45) is 5.22. The summed E-state index contributed by atoms with van der Waals surface area (Å²) in [4.78, 5) is 10.5. The molecule has 0 heterocycles. The van der Waals surface area contributed by atoms with Crippen molar-refractivity contribution in [3.63, 3.8) is 0 Å². The molecular weight excluding hydrogens is 164 g/mol. The standard InChI is InChI=1S/C11H10O2/c12-11(13)7-8-4-5-9-2-1-3-10(9)6-8/h1,3-6H,2,7H2,(H,12,13).